The van der Waals surface area contributed by atoms with Crippen molar-refractivity contribution in [2.75, 3.05) is 33.3 Å². The van der Waals surface area contributed by atoms with Crippen LogP contribution in [0.25, 0.3) is 0 Å². The Hall–Kier alpha value is -3.22. The molecule has 0 bridgehead atoms. The fraction of sp³-hybridized carbons (Fsp3) is 0.300. The maximum Gasteiger partial charge on any atom is 0.306 e. The second kappa shape index (κ2) is 10.1. The van der Waals surface area contributed by atoms with Gasteiger partial charge in [-0.25, -0.2) is 0 Å². The number of ether oxygens (including phenoxy) is 4. The van der Waals surface area contributed by atoms with E-state index < -0.39 is 11.9 Å². The van der Waals surface area contributed by atoms with E-state index in [0.29, 0.717) is 29.4 Å². The highest BCUT2D eigenvalue weighted by Gasteiger charge is 2.12. The molecule has 0 saturated carbocycles. The number of carbonyl (C=O) groups excluding carboxylic acids is 2. The van der Waals surface area contributed by atoms with Crippen LogP contribution in [0.4, 0.5) is 5.69 Å². The van der Waals surface area contributed by atoms with Crippen LogP contribution in [0.2, 0.25) is 0 Å². The minimum atomic E-state index is -0.466. The molecular formula is C20H23NO6. The topological polar surface area (TPSA) is 83.1 Å². The molecule has 0 aliphatic carbocycles. The van der Waals surface area contributed by atoms with Crippen LogP contribution in [0.15, 0.2) is 42.5 Å². The monoisotopic (exact) mass is 373 g/mol. The second-order valence-electron chi connectivity index (χ2n) is 5.59. The molecule has 144 valence electrons. The van der Waals surface area contributed by atoms with Crippen LogP contribution >= 0.6 is 0 Å². The van der Waals surface area contributed by atoms with E-state index in [1.807, 2.05) is 24.3 Å². The Morgan fingerprint density at radius 1 is 0.926 bits per heavy atom. The Morgan fingerprint density at radius 2 is 1.67 bits per heavy atom. The van der Waals surface area contributed by atoms with E-state index in [1.165, 1.54) is 14.2 Å². The average molecular weight is 373 g/mol. The van der Waals surface area contributed by atoms with Crippen LogP contribution in [0, 0.1) is 0 Å². The first-order chi connectivity index (χ1) is 13.1. The summed E-state index contributed by atoms with van der Waals surface area (Å²) in [7, 11) is 4.60. The van der Waals surface area contributed by atoms with Gasteiger partial charge in [-0.05, 0) is 30.2 Å². The smallest absolute Gasteiger partial charge is 0.306 e. The van der Waals surface area contributed by atoms with Crippen LogP contribution in [0.3, 0.4) is 0 Å². The normalized spacial score (nSPS) is 10.0. The molecule has 0 saturated heterocycles. The molecule has 0 unspecified atom stereocenters. The van der Waals surface area contributed by atoms with E-state index in [0.717, 1.165) is 5.56 Å². The summed E-state index contributed by atoms with van der Waals surface area (Å²) in [4.78, 5) is 24.0. The Morgan fingerprint density at radius 3 is 2.37 bits per heavy atom. The molecule has 2 aromatic carbocycles. The van der Waals surface area contributed by atoms with E-state index in [-0.39, 0.29) is 13.0 Å². The first-order valence-electron chi connectivity index (χ1n) is 8.36. The summed E-state index contributed by atoms with van der Waals surface area (Å²) in [6.07, 6.45) is 0.615. The highest BCUT2D eigenvalue weighted by atomic mass is 16.5. The summed E-state index contributed by atoms with van der Waals surface area (Å²) in [5, 5.41) is 2.64. The number of esters is 1. The largest absolute Gasteiger partial charge is 0.497 e. The van der Waals surface area contributed by atoms with Gasteiger partial charge in [0.05, 0.1) is 27.0 Å². The summed E-state index contributed by atoms with van der Waals surface area (Å²) in [5.41, 5.74) is 1.34. The van der Waals surface area contributed by atoms with Gasteiger partial charge in [-0.1, -0.05) is 18.2 Å². The molecule has 0 atom stereocenters. The van der Waals surface area contributed by atoms with Crippen molar-refractivity contribution in [3.05, 3.63) is 48.0 Å². The molecule has 27 heavy (non-hydrogen) atoms. The number of methoxy groups -OCH3 is 3. The van der Waals surface area contributed by atoms with Gasteiger partial charge in [-0.15, -0.1) is 0 Å². The summed E-state index contributed by atoms with van der Waals surface area (Å²) in [6.45, 7) is -0.384. The fourth-order valence-electron chi connectivity index (χ4n) is 2.46. The lowest BCUT2D eigenvalue weighted by Gasteiger charge is -2.12. The molecule has 2 aromatic rings. The first kappa shape index (κ1) is 20.1. The number of carbonyl (C=O) groups is 2. The summed E-state index contributed by atoms with van der Waals surface area (Å²) < 4.78 is 20.6. The molecule has 0 aliphatic heterocycles. The molecule has 1 amide bonds. The minimum Gasteiger partial charge on any atom is -0.497 e. The van der Waals surface area contributed by atoms with Gasteiger partial charge in [0.15, 0.2) is 6.61 Å². The molecule has 0 radical (unpaired) electrons. The van der Waals surface area contributed by atoms with Gasteiger partial charge >= 0.3 is 5.97 Å². The van der Waals surface area contributed by atoms with Crippen LogP contribution in [-0.4, -0.2) is 39.8 Å². The van der Waals surface area contributed by atoms with Crippen molar-refractivity contribution in [2.24, 2.45) is 0 Å². The van der Waals surface area contributed by atoms with Crippen LogP contribution in [0.5, 0.6) is 17.2 Å². The third-order valence-electron chi connectivity index (χ3n) is 3.84. The third kappa shape index (κ3) is 5.91. The predicted octanol–water partition coefficient (Wildman–Crippen LogP) is 2.83. The Labute approximate surface area is 158 Å². The van der Waals surface area contributed by atoms with E-state index in [2.05, 4.69) is 5.32 Å². The SMILES string of the molecule is COc1ccc(OC)c(NC(=O)COC(=O)CCc2ccccc2OC)c1. The zero-order valence-corrected chi connectivity index (χ0v) is 15.6. The van der Waals surface area contributed by atoms with E-state index in [1.54, 1.807) is 25.3 Å². The third-order valence-corrected chi connectivity index (χ3v) is 3.84. The summed E-state index contributed by atoms with van der Waals surface area (Å²) in [5.74, 6) is 0.834. The number of hydrogen-bond acceptors (Lipinski definition) is 6. The van der Waals surface area contributed by atoms with Crippen molar-refractivity contribution >= 4 is 17.6 Å². The Bertz CT molecular complexity index is 790. The van der Waals surface area contributed by atoms with Crippen molar-refractivity contribution in [3.8, 4) is 17.2 Å². The molecule has 0 spiro atoms. The molecule has 0 aromatic heterocycles. The molecule has 0 aliphatic rings. The van der Waals surface area contributed by atoms with Crippen molar-refractivity contribution < 1.29 is 28.5 Å². The lowest BCUT2D eigenvalue weighted by atomic mass is 10.1. The van der Waals surface area contributed by atoms with Gasteiger partial charge in [0.1, 0.15) is 17.2 Å². The Kier molecular flexibility index (Phi) is 7.49. The number of benzene rings is 2. The quantitative estimate of drug-likeness (QED) is 0.681. The Balaban J connectivity index is 1.84. The molecule has 1 N–H and O–H groups in total. The number of aryl methyl sites for hydroxylation is 1. The summed E-state index contributed by atoms with van der Waals surface area (Å²) >= 11 is 0. The van der Waals surface area contributed by atoms with Crippen molar-refractivity contribution in [2.45, 2.75) is 12.8 Å². The van der Waals surface area contributed by atoms with Gasteiger partial charge in [0.2, 0.25) is 0 Å². The van der Waals surface area contributed by atoms with Crippen LogP contribution < -0.4 is 19.5 Å². The average Bonchev–Trinajstić information content (AvgIpc) is 2.70. The number of nitrogens with one attached hydrogen (secondary N) is 1. The van der Waals surface area contributed by atoms with E-state index >= 15 is 0 Å². The minimum absolute atomic E-state index is 0.149. The number of amides is 1. The van der Waals surface area contributed by atoms with Gasteiger partial charge in [-0.2, -0.15) is 0 Å². The van der Waals surface area contributed by atoms with Crippen LogP contribution in [-0.2, 0) is 20.7 Å². The zero-order valence-electron chi connectivity index (χ0n) is 15.6. The number of para-hydroxylation sites is 1. The molecule has 2 rings (SSSR count). The maximum absolute atomic E-state index is 12.1. The number of rotatable bonds is 9. The van der Waals surface area contributed by atoms with Gasteiger partial charge in [0, 0.05) is 12.5 Å². The molecular weight excluding hydrogens is 350 g/mol. The van der Waals surface area contributed by atoms with Crippen LogP contribution in [0.1, 0.15) is 12.0 Å². The standard InChI is InChI=1S/C20H23NO6/c1-24-15-9-10-18(26-3)16(12-15)21-19(22)13-27-20(23)11-8-14-6-4-5-7-17(14)25-2/h4-7,9-10,12H,8,11,13H2,1-3H3,(H,21,22). The van der Waals surface area contributed by atoms with E-state index in [4.69, 9.17) is 18.9 Å². The molecule has 7 nitrogen and oxygen atoms in total. The van der Waals surface area contributed by atoms with Crippen molar-refractivity contribution in [1.82, 2.24) is 0 Å². The highest BCUT2D eigenvalue weighted by Crippen LogP contribution is 2.28. The fourth-order valence-corrected chi connectivity index (χ4v) is 2.46. The zero-order chi connectivity index (χ0) is 19.6. The predicted molar refractivity (Wildman–Crippen MR) is 100 cm³/mol. The second-order valence-corrected chi connectivity index (χ2v) is 5.59. The molecule has 7 heteroatoms. The lowest BCUT2D eigenvalue weighted by molar-refractivity contribution is -0.147. The summed E-state index contributed by atoms with van der Waals surface area (Å²) in [6, 6.07) is 12.5. The van der Waals surface area contributed by atoms with Crippen molar-refractivity contribution in [1.29, 1.82) is 0 Å². The molecule has 0 heterocycles. The van der Waals surface area contributed by atoms with Gasteiger partial charge < -0.3 is 24.3 Å². The highest BCUT2D eigenvalue weighted by molar-refractivity contribution is 5.94. The van der Waals surface area contributed by atoms with Crippen molar-refractivity contribution in [3.63, 3.8) is 0 Å². The first-order valence-corrected chi connectivity index (χ1v) is 8.36. The van der Waals surface area contributed by atoms with E-state index in [9.17, 15) is 9.59 Å². The number of anilines is 1. The van der Waals surface area contributed by atoms with Gasteiger partial charge in [-0.3, -0.25) is 9.59 Å². The van der Waals surface area contributed by atoms with Gasteiger partial charge in [0.25, 0.3) is 5.91 Å². The number of hydrogen-bond donors (Lipinski definition) is 1. The lowest BCUT2D eigenvalue weighted by Crippen LogP contribution is -2.21. The maximum atomic E-state index is 12.1. The molecule has 0 fully saturated rings.